The van der Waals surface area contributed by atoms with Crippen LogP contribution >= 0.6 is 11.6 Å². The molecule has 0 saturated heterocycles. The predicted molar refractivity (Wildman–Crippen MR) is 72.2 cm³/mol. The van der Waals surface area contributed by atoms with Gasteiger partial charge in [0.2, 0.25) is 0 Å². The highest BCUT2D eigenvalue weighted by Gasteiger charge is 2.13. The fraction of sp³-hybridized carbons (Fsp3) is 0.0714. The molecule has 0 atom stereocenters. The third-order valence-electron chi connectivity index (χ3n) is 2.73. The number of phenols is 1. The minimum atomic E-state index is -0.612. The Hall–Kier alpha value is -2.07. The van der Waals surface area contributed by atoms with Gasteiger partial charge in [-0.1, -0.05) is 17.7 Å². The topological polar surface area (TPSA) is 49.3 Å². The molecule has 1 amide bonds. The normalized spacial score (nSPS) is 10.3. The number of phenolic OH excluding ortho intramolecular Hbond substituents is 1. The van der Waals surface area contributed by atoms with Gasteiger partial charge in [-0.2, -0.15) is 0 Å². The van der Waals surface area contributed by atoms with Gasteiger partial charge in [-0.25, -0.2) is 4.39 Å². The summed E-state index contributed by atoms with van der Waals surface area (Å²) in [4.78, 5) is 12.0. The number of halogens is 2. The highest BCUT2D eigenvalue weighted by atomic mass is 35.5. The second-order valence-electron chi connectivity index (χ2n) is 4.03. The van der Waals surface area contributed by atoms with Crippen molar-refractivity contribution in [3.05, 3.63) is 58.4 Å². The van der Waals surface area contributed by atoms with E-state index < -0.39 is 11.7 Å². The first-order valence-electron chi connectivity index (χ1n) is 5.54. The van der Waals surface area contributed by atoms with Crippen molar-refractivity contribution in [1.29, 1.82) is 0 Å². The lowest BCUT2D eigenvalue weighted by atomic mass is 10.1. The first kappa shape index (κ1) is 13.4. The zero-order valence-corrected chi connectivity index (χ0v) is 10.8. The van der Waals surface area contributed by atoms with Crippen LogP contribution < -0.4 is 5.32 Å². The monoisotopic (exact) mass is 279 g/mol. The molecular weight excluding hydrogens is 269 g/mol. The molecule has 0 heterocycles. The van der Waals surface area contributed by atoms with Crippen molar-refractivity contribution in [3.63, 3.8) is 0 Å². The zero-order valence-electron chi connectivity index (χ0n) is 10.1. The molecule has 0 bridgehead atoms. The fourth-order valence-corrected chi connectivity index (χ4v) is 1.81. The first-order valence-corrected chi connectivity index (χ1v) is 5.92. The summed E-state index contributed by atoms with van der Waals surface area (Å²) in [6, 6.07) is 8.57. The van der Waals surface area contributed by atoms with E-state index in [-0.39, 0.29) is 22.0 Å². The van der Waals surface area contributed by atoms with E-state index in [9.17, 15) is 14.3 Å². The van der Waals surface area contributed by atoms with Gasteiger partial charge in [0.1, 0.15) is 11.6 Å². The van der Waals surface area contributed by atoms with E-state index in [0.29, 0.717) is 5.56 Å². The molecule has 0 aliphatic rings. The molecule has 19 heavy (non-hydrogen) atoms. The lowest BCUT2D eigenvalue weighted by molar-refractivity contribution is 0.102. The summed E-state index contributed by atoms with van der Waals surface area (Å²) in [5.74, 6) is -1.09. The largest absolute Gasteiger partial charge is 0.508 e. The van der Waals surface area contributed by atoms with Gasteiger partial charge in [-0.15, -0.1) is 0 Å². The summed E-state index contributed by atoms with van der Waals surface area (Å²) in [5, 5.41) is 12.2. The third kappa shape index (κ3) is 2.85. The molecule has 5 heteroatoms. The number of nitrogens with one attached hydrogen (secondary N) is 1. The van der Waals surface area contributed by atoms with Crippen molar-refractivity contribution >= 4 is 23.2 Å². The SMILES string of the molecule is Cc1c(O)cccc1C(=O)Nc1ccc(Cl)cc1F. The van der Waals surface area contributed by atoms with Gasteiger partial charge in [0.25, 0.3) is 5.91 Å². The quantitative estimate of drug-likeness (QED) is 0.880. The molecule has 0 unspecified atom stereocenters. The van der Waals surface area contributed by atoms with Crippen LogP contribution in [-0.2, 0) is 0 Å². The summed E-state index contributed by atoms with van der Waals surface area (Å²) < 4.78 is 13.6. The number of hydrogen-bond acceptors (Lipinski definition) is 2. The summed E-state index contributed by atoms with van der Waals surface area (Å²) in [6.07, 6.45) is 0. The maximum Gasteiger partial charge on any atom is 0.256 e. The molecule has 2 aromatic carbocycles. The Balaban J connectivity index is 2.28. The lowest BCUT2D eigenvalue weighted by Gasteiger charge is -2.09. The van der Waals surface area contributed by atoms with Crippen LogP contribution in [0, 0.1) is 12.7 Å². The van der Waals surface area contributed by atoms with Crippen molar-refractivity contribution in [3.8, 4) is 5.75 Å². The van der Waals surface area contributed by atoms with Gasteiger partial charge in [0.05, 0.1) is 5.69 Å². The molecule has 0 aromatic heterocycles. The molecular formula is C14H11ClFNO2. The maximum atomic E-state index is 13.6. The van der Waals surface area contributed by atoms with Crippen LogP contribution in [0.3, 0.4) is 0 Å². The molecule has 0 aliphatic heterocycles. The van der Waals surface area contributed by atoms with E-state index in [2.05, 4.69) is 5.32 Å². The van der Waals surface area contributed by atoms with E-state index in [4.69, 9.17) is 11.6 Å². The van der Waals surface area contributed by atoms with Gasteiger partial charge in [-0.3, -0.25) is 4.79 Å². The minimum absolute atomic E-state index is 0.0178. The van der Waals surface area contributed by atoms with Crippen LogP contribution in [0.4, 0.5) is 10.1 Å². The van der Waals surface area contributed by atoms with Crippen LogP contribution in [0.2, 0.25) is 5.02 Å². The van der Waals surface area contributed by atoms with Gasteiger partial charge >= 0.3 is 0 Å². The Morgan fingerprint density at radius 3 is 2.74 bits per heavy atom. The zero-order chi connectivity index (χ0) is 14.0. The fourth-order valence-electron chi connectivity index (χ4n) is 1.65. The van der Waals surface area contributed by atoms with Crippen LogP contribution in [-0.4, -0.2) is 11.0 Å². The molecule has 0 radical (unpaired) electrons. The van der Waals surface area contributed by atoms with Crippen LogP contribution in [0.1, 0.15) is 15.9 Å². The Bertz CT molecular complexity index is 643. The number of carbonyl (C=O) groups is 1. The number of amides is 1. The Kier molecular flexibility index (Phi) is 3.71. The molecule has 0 saturated carbocycles. The van der Waals surface area contributed by atoms with Gasteiger partial charge in [0, 0.05) is 16.1 Å². The molecule has 0 aliphatic carbocycles. The van der Waals surface area contributed by atoms with Gasteiger partial charge in [0.15, 0.2) is 0 Å². The van der Waals surface area contributed by atoms with Gasteiger partial charge in [-0.05, 0) is 37.3 Å². The third-order valence-corrected chi connectivity index (χ3v) is 2.96. The van der Waals surface area contributed by atoms with Crippen molar-refractivity contribution < 1.29 is 14.3 Å². The number of benzene rings is 2. The van der Waals surface area contributed by atoms with Crippen LogP contribution in [0.15, 0.2) is 36.4 Å². The number of carbonyl (C=O) groups excluding carboxylic acids is 1. The van der Waals surface area contributed by atoms with Crippen LogP contribution in [0.25, 0.3) is 0 Å². The standard InChI is InChI=1S/C14H11ClFNO2/c1-8-10(3-2-4-13(8)18)14(19)17-12-6-5-9(15)7-11(12)16/h2-7,18H,1H3,(H,17,19). The molecule has 2 N–H and O–H groups in total. The first-order chi connectivity index (χ1) is 8.99. The second kappa shape index (κ2) is 5.28. The average Bonchev–Trinajstić information content (AvgIpc) is 2.36. The minimum Gasteiger partial charge on any atom is -0.508 e. The number of anilines is 1. The molecule has 0 fully saturated rings. The molecule has 98 valence electrons. The lowest BCUT2D eigenvalue weighted by Crippen LogP contribution is -2.14. The van der Waals surface area contributed by atoms with Crippen molar-refractivity contribution in [2.24, 2.45) is 0 Å². The maximum absolute atomic E-state index is 13.6. The highest BCUT2D eigenvalue weighted by Crippen LogP contribution is 2.23. The van der Waals surface area contributed by atoms with E-state index in [1.54, 1.807) is 19.1 Å². The Labute approximate surface area is 114 Å². The molecule has 2 rings (SSSR count). The van der Waals surface area contributed by atoms with Crippen LogP contribution in [0.5, 0.6) is 5.75 Å². The van der Waals surface area contributed by atoms with Crippen molar-refractivity contribution in [1.82, 2.24) is 0 Å². The molecule has 2 aromatic rings. The Morgan fingerprint density at radius 2 is 2.05 bits per heavy atom. The van der Waals surface area contributed by atoms with E-state index >= 15 is 0 Å². The number of hydrogen-bond donors (Lipinski definition) is 2. The van der Waals surface area contributed by atoms with Crippen molar-refractivity contribution in [2.45, 2.75) is 6.92 Å². The summed E-state index contributed by atoms with van der Waals surface area (Å²) in [6.45, 7) is 1.61. The van der Waals surface area contributed by atoms with E-state index in [1.165, 1.54) is 18.2 Å². The van der Waals surface area contributed by atoms with E-state index in [0.717, 1.165) is 6.07 Å². The number of aromatic hydroxyl groups is 1. The van der Waals surface area contributed by atoms with Gasteiger partial charge < -0.3 is 10.4 Å². The highest BCUT2D eigenvalue weighted by molar-refractivity contribution is 6.30. The molecule has 3 nitrogen and oxygen atoms in total. The van der Waals surface area contributed by atoms with Crippen molar-refractivity contribution in [2.75, 3.05) is 5.32 Å². The second-order valence-corrected chi connectivity index (χ2v) is 4.46. The summed E-state index contributed by atoms with van der Waals surface area (Å²) in [5.41, 5.74) is 0.765. The molecule has 0 spiro atoms. The Morgan fingerprint density at radius 1 is 1.32 bits per heavy atom. The predicted octanol–water partition coefficient (Wildman–Crippen LogP) is 3.75. The summed E-state index contributed by atoms with van der Waals surface area (Å²) in [7, 11) is 0. The average molecular weight is 280 g/mol. The van der Waals surface area contributed by atoms with E-state index in [1.807, 2.05) is 0 Å². The summed E-state index contributed by atoms with van der Waals surface area (Å²) >= 11 is 5.63. The smallest absolute Gasteiger partial charge is 0.256 e. The number of rotatable bonds is 2.